The van der Waals surface area contributed by atoms with Crippen LogP contribution in [0.25, 0.3) is 0 Å². The fourth-order valence-corrected chi connectivity index (χ4v) is 5.35. The number of nitrogens with one attached hydrogen (secondary N) is 1. The molecule has 1 aliphatic carbocycles. The molecule has 2 atom stereocenters. The summed E-state index contributed by atoms with van der Waals surface area (Å²) in [6, 6.07) is 6.25. The molecule has 1 saturated carbocycles. The van der Waals surface area contributed by atoms with Gasteiger partial charge in [0.05, 0.1) is 11.8 Å². The van der Waals surface area contributed by atoms with E-state index in [9.17, 15) is 14.4 Å². The molecule has 3 aliphatic rings. The lowest BCUT2D eigenvalue weighted by Crippen LogP contribution is -2.49. The molecule has 1 aromatic carbocycles. The third kappa shape index (κ3) is 4.78. The van der Waals surface area contributed by atoms with Gasteiger partial charge in [0.25, 0.3) is 0 Å². The zero-order chi connectivity index (χ0) is 22.0. The molecule has 3 amide bonds. The van der Waals surface area contributed by atoms with Crippen LogP contribution in [0.2, 0.25) is 0 Å². The first-order valence-corrected chi connectivity index (χ1v) is 11.9. The molecule has 168 valence electrons. The van der Waals surface area contributed by atoms with Gasteiger partial charge in [-0.2, -0.15) is 0 Å². The van der Waals surface area contributed by atoms with Crippen LogP contribution < -0.4 is 10.2 Å². The van der Waals surface area contributed by atoms with Gasteiger partial charge in [0, 0.05) is 37.8 Å². The van der Waals surface area contributed by atoms with Gasteiger partial charge >= 0.3 is 0 Å². The van der Waals surface area contributed by atoms with E-state index in [1.165, 1.54) is 19.3 Å². The summed E-state index contributed by atoms with van der Waals surface area (Å²) >= 11 is 0. The molecule has 1 N–H and O–H groups in total. The highest BCUT2D eigenvalue weighted by Gasteiger charge is 2.39. The van der Waals surface area contributed by atoms with Gasteiger partial charge < -0.3 is 15.1 Å². The van der Waals surface area contributed by atoms with E-state index in [4.69, 9.17) is 0 Å². The Hall–Kier alpha value is -2.37. The third-order valence-corrected chi connectivity index (χ3v) is 7.40. The van der Waals surface area contributed by atoms with Crippen LogP contribution in [0.1, 0.15) is 62.5 Å². The number of piperidine rings is 1. The minimum absolute atomic E-state index is 0.00986. The van der Waals surface area contributed by atoms with Crippen LogP contribution in [0.4, 0.5) is 5.69 Å². The molecule has 1 aromatic rings. The molecule has 6 nitrogen and oxygen atoms in total. The van der Waals surface area contributed by atoms with Crippen molar-refractivity contribution < 1.29 is 14.4 Å². The zero-order valence-corrected chi connectivity index (χ0v) is 18.9. The number of anilines is 1. The Labute approximate surface area is 185 Å². The molecule has 2 unspecified atom stereocenters. The molecular formula is C25H35N3O3. The number of likely N-dealkylation sites (tertiary alicyclic amines) is 1. The van der Waals surface area contributed by atoms with Crippen molar-refractivity contribution in [2.75, 3.05) is 24.5 Å². The van der Waals surface area contributed by atoms with Crippen molar-refractivity contribution in [2.24, 2.45) is 11.8 Å². The van der Waals surface area contributed by atoms with Crippen LogP contribution in [0.3, 0.4) is 0 Å². The Balaban J connectivity index is 1.37. The summed E-state index contributed by atoms with van der Waals surface area (Å²) in [5, 5.41) is 3.23. The van der Waals surface area contributed by atoms with E-state index in [2.05, 4.69) is 5.32 Å². The standard InChI is InChI=1S/C25H35N3O3/c1-17-8-6-12-22(18(17)2)28-16-20(14-23(28)29)25(31)27-13-7-9-19(15-27)24(30)26-21-10-4-3-5-11-21/h6,8,12,19-21H,3-5,7,9-11,13-16H2,1-2H3,(H,26,30). The second kappa shape index (κ2) is 9.41. The largest absolute Gasteiger partial charge is 0.353 e. The van der Waals surface area contributed by atoms with Gasteiger partial charge in [-0.25, -0.2) is 0 Å². The number of rotatable bonds is 4. The lowest BCUT2D eigenvalue weighted by molar-refractivity contribution is -0.139. The molecule has 0 bridgehead atoms. The van der Waals surface area contributed by atoms with E-state index in [0.717, 1.165) is 42.5 Å². The van der Waals surface area contributed by atoms with Crippen LogP contribution in [0.5, 0.6) is 0 Å². The van der Waals surface area contributed by atoms with Crippen LogP contribution in [-0.4, -0.2) is 48.3 Å². The van der Waals surface area contributed by atoms with Crippen molar-refractivity contribution in [1.82, 2.24) is 10.2 Å². The van der Waals surface area contributed by atoms with Crippen LogP contribution in [0, 0.1) is 25.7 Å². The van der Waals surface area contributed by atoms with Gasteiger partial charge in [0.1, 0.15) is 0 Å². The topological polar surface area (TPSA) is 69.7 Å². The monoisotopic (exact) mass is 425 g/mol. The average Bonchev–Trinajstić information content (AvgIpc) is 3.17. The molecule has 0 spiro atoms. The highest BCUT2D eigenvalue weighted by Crippen LogP contribution is 2.31. The predicted octanol–water partition coefficient (Wildman–Crippen LogP) is 3.34. The van der Waals surface area contributed by atoms with Gasteiger partial charge in [0.2, 0.25) is 17.7 Å². The van der Waals surface area contributed by atoms with Crippen molar-refractivity contribution in [3.8, 4) is 0 Å². The van der Waals surface area contributed by atoms with E-state index in [0.29, 0.717) is 25.7 Å². The number of carbonyl (C=O) groups is 3. The Morgan fingerprint density at radius 2 is 1.74 bits per heavy atom. The van der Waals surface area contributed by atoms with Crippen LogP contribution >= 0.6 is 0 Å². The van der Waals surface area contributed by atoms with Crippen molar-refractivity contribution in [2.45, 2.75) is 71.3 Å². The van der Waals surface area contributed by atoms with Gasteiger partial charge in [-0.1, -0.05) is 31.4 Å². The van der Waals surface area contributed by atoms with Gasteiger partial charge in [-0.15, -0.1) is 0 Å². The van der Waals surface area contributed by atoms with Gasteiger partial charge in [0.15, 0.2) is 0 Å². The maximum atomic E-state index is 13.2. The number of amides is 3. The Bertz CT molecular complexity index is 846. The summed E-state index contributed by atoms with van der Waals surface area (Å²) in [6.07, 6.45) is 7.70. The molecule has 3 fully saturated rings. The first-order chi connectivity index (χ1) is 14.9. The first-order valence-electron chi connectivity index (χ1n) is 11.9. The second-order valence-electron chi connectivity index (χ2n) is 9.59. The Morgan fingerprint density at radius 1 is 0.968 bits per heavy atom. The van der Waals surface area contributed by atoms with Crippen molar-refractivity contribution in [3.05, 3.63) is 29.3 Å². The maximum Gasteiger partial charge on any atom is 0.228 e. The summed E-state index contributed by atoms with van der Waals surface area (Å²) < 4.78 is 0. The molecular weight excluding hydrogens is 390 g/mol. The van der Waals surface area contributed by atoms with E-state index < -0.39 is 0 Å². The van der Waals surface area contributed by atoms with E-state index in [1.54, 1.807) is 4.90 Å². The van der Waals surface area contributed by atoms with E-state index >= 15 is 0 Å². The lowest BCUT2D eigenvalue weighted by Gasteiger charge is -2.34. The summed E-state index contributed by atoms with van der Waals surface area (Å²) in [6.45, 7) is 5.64. The number of hydrogen-bond donors (Lipinski definition) is 1. The molecule has 4 rings (SSSR count). The van der Waals surface area contributed by atoms with Gasteiger partial charge in [-0.05, 0) is 56.7 Å². The number of nitrogens with zero attached hydrogens (tertiary/aromatic N) is 2. The summed E-state index contributed by atoms with van der Waals surface area (Å²) in [7, 11) is 0. The SMILES string of the molecule is Cc1cccc(N2CC(C(=O)N3CCCC(C(=O)NC4CCCCC4)C3)CC2=O)c1C. The zero-order valence-electron chi connectivity index (χ0n) is 18.9. The highest BCUT2D eigenvalue weighted by molar-refractivity contribution is 6.01. The average molecular weight is 426 g/mol. The predicted molar refractivity (Wildman–Crippen MR) is 121 cm³/mol. The number of aryl methyl sites for hydroxylation is 1. The Kier molecular flexibility index (Phi) is 6.63. The lowest BCUT2D eigenvalue weighted by atomic mass is 9.92. The number of benzene rings is 1. The summed E-state index contributed by atoms with van der Waals surface area (Å²) in [5.74, 6) is -0.324. The molecule has 2 heterocycles. The number of hydrogen-bond acceptors (Lipinski definition) is 3. The molecule has 2 saturated heterocycles. The Morgan fingerprint density at radius 3 is 2.52 bits per heavy atom. The highest BCUT2D eigenvalue weighted by atomic mass is 16.2. The quantitative estimate of drug-likeness (QED) is 0.804. The molecule has 6 heteroatoms. The smallest absolute Gasteiger partial charge is 0.228 e. The molecule has 0 radical (unpaired) electrons. The fraction of sp³-hybridized carbons (Fsp3) is 0.640. The second-order valence-corrected chi connectivity index (χ2v) is 9.59. The van der Waals surface area contributed by atoms with Crippen molar-refractivity contribution in [3.63, 3.8) is 0 Å². The minimum Gasteiger partial charge on any atom is -0.353 e. The normalized spacial score (nSPS) is 25.0. The molecule has 2 aliphatic heterocycles. The minimum atomic E-state index is -0.326. The first kappa shape index (κ1) is 21.8. The van der Waals surface area contributed by atoms with Crippen LogP contribution in [0.15, 0.2) is 18.2 Å². The molecule has 0 aromatic heterocycles. The summed E-state index contributed by atoms with van der Waals surface area (Å²) in [5.41, 5.74) is 3.13. The van der Waals surface area contributed by atoms with Crippen molar-refractivity contribution in [1.29, 1.82) is 0 Å². The fourth-order valence-electron chi connectivity index (χ4n) is 5.35. The van der Waals surface area contributed by atoms with Crippen molar-refractivity contribution >= 4 is 23.4 Å². The van der Waals surface area contributed by atoms with E-state index in [-0.39, 0.29) is 36.0 Å². The maximum absolute atomic E-state index is 13.2. The third-order valence-electron chi connectivity index (χ3n) is 7.40. The van der Waals surface area contributed by atoms with Crippen LogP contribution in [-0.2, 0) is 14.4 Å². The van der Waals surface area contributed by atoms with Gasteiger partial charge in [-0.3, -0.25) is 14.4 Å². The van der Waals surface area contributed by atoms with E-state index in [1.807, 2.05) is 36.9 Å². The number of carbonyl (C=O) groups excluding carboxylic acids is 3. The molecule has 31 heavy (non-hydrogen) atoms. The summed E-state index contributed by atoms with van der Waals surface area (Å²) in [4.78, 5) is 42.4.